The number of aryl methyl sites for hydroxylation is 3. The van der Waals surface area contributed by atoms with Crippen molar-refractivity contribution in [3.63, 3.8) is 0 Å². The second-order valence-corrected chi connectivity index (χ2v) is 28.1. The number of aliphatic carboxylic acids is 10. The van der Waals surface area contributed by atoms with E-state index in [4.69, 9.17) is 23.2 Å². The minimum absolute atomic E-state index is 0. The van der Waals surface area contributed by atoms with Gasteiger partial charge in [0.1, 0.15) is 45.7 Å². The molecule has 1 unspecified atom stereocenters. The van der Waals surface area contributed by atoms with E-state index >= 15 is 0 Å². The summed E-state index contributed by atoms with van der Waals surface area (Å²) >= 11 is 0. The maximum absolute atomic E-state index is 14.3. The number of para-hydroxylation sites is 1. The van der Waals surface area contributed by atoms with Crippen LogP contribution in [-0.2, 0) is 95.5 Å². The fourth-order valence-electron chi connectivity index (χ4n) is 13.2. The second kappa shape index (κ2) is 43.9. The van der Waals surface area contributed by atoms with Crippen molar-refractivity contribution in [1.29, 1.82) is 0 Å². The number of hydrogen-bond acceptors (Lipinski definition) is 30. The minimum Gasteiger partial charge on any atom is -1.00 e. The topological polar surface area (TPSA) is 620 Å². The Labute approximate surface area is 771 Å². The molecule has 0 spiro atoms. The van der Waals surface area contributed by atoms with Crippen molar-refractivity contribution in [3.05, 3.63) is 203 Å². The van der Waals surface area contributed by atoms with E-state index in [9.17, 15) is 137 Å². The summed E-state index contributed by atoms with van der Waals surface area (Å²) in [4.78, 5) is 155. The zero-order valence-corrected chi connectivity index (χ0v) is 73.5. The van der Waals surface area contributed by atoms with Gasteiger partial charge in [-0.15, -0.1) is 0 Å². The van der Waals surface area contributed by atoms with Crippen molar-refractivity contribution in [2.45, 2.75) is 58.2 Å². The summed E-state index contributed by atoms with van der Waals surface area (Å²) in [5, 5.41) is 152. The maximum Gasteiger partial charge on any atom is 1.00 e. The van der Waals surface area contributed by atoms with Gasteiger partial charge in [0.15, 0.2) is 10.2 Å². The molecule has 2 aliphatic heterocycles. The van der Waals surface area contributed by atoms with Gasteiger partial charge in [-0.25, -0.2) is 9.59 Å². The number of aromatic carboxylic acids is 1. The van der Waals surface area contributed by atoms with Crippen LogP contribution in [0.4, 0.5) is 0 Å². The van der Waals surface area contributed by atoms with Crippen molar-refractivity contribution in [2.24, 2.45) is 0 Å². The number of aromatic hydroxyl groups is 4. The molecule has 6 aromatic carbocycles. The van der Waals surface area contributed by atoms with Crippen molar-refractivity contribution >= 4 is 97.7 Å². The third-order valence-corrected chi connectivity index (χ3v) is 19.5. The van der Waals surface area contributed by atoms with Gasteiger partial charge in [0, 0.05) is 129 Å². The molecule has 0 bridgehead atoms. The van der Waals surface area contributed by atoms with Crippen molar-refractivity contribution in [1.82, 2.24) is 24.5 Å². The average molecular weight is 1720 g/mol. The summed E-state index contributed by atoms with van der Waals surface area (Å²) in [6.07, 6.45) is 0. The second-order valence-electron chi connectivity index (χ2n) is 26.4. The van der Waals surface area contributed by atoms with E-state index in [1.807, 2.05) is 0 Å². The fourth-order valence-corrected chi connectivity index (χ4v) is 15.0. The molecule has 119 heavy (non-hydrogen) atoms. The molecule has 3 heterocycles. The van der Waals surface area contributed by atoms with E-state index in [1.54, 1.807) is 25.1 Å². The van der Waals surface area contributed by atoms with Gasteiger partial charge in [0.2, 0.25) is 0 Å². The first kappa shape index (κ1) is 101. The molecular weight excluding hydrogens is 1630 g/mol. The van der Waals surface area contributed by atoms with Crippen LogP contribution in [0, 0.1) is 20.8 Å². The molecule has 12 N–H and O–H groups in total. The van der Waals surface area contributed by atoms with Crippen LogP contribution in [0.15, 0.2) is 134 Å². The molecule has 43 heteroatoms. The molecule has 0 saturated heterocycles. The van der Waals surface area contributed by atoms with Crippen LogP contribution in [0.3, 0.4) is 0 Å². The number of hydrogen-bond donors (Lipinski definition) is 12. The predicted octanol–water partition coefficient (Wildman–Crippen LogP) is -10.0. The predicted molar refractivity (Wildman–Crippen MR) is 402 cm³/mol. The standard InChI is InChI=1S/C31H32N2O13S.C30H26N2O13.C15H15NO7.4Na.6H2.H/c1-17-7-21(9-19(29(17)42)11-32(13-25(34)35)14-26(36)37)31(23-5-3-4-6-24(23)46-47(31,44)45)22-8-18(2)30(43)20(10-22)12-33(15-27(38)39)16-28(40)41;33-21-7-23-19(5-15(21)9-31(11-25(35)36)12-26(37)38)29(17-3-1-2-4-18(17)30(43)44)20-6-16(22(34)8-24(20)45-23)10-32(13-27(39)40)14-28(41)42;1-8-4-14(22)23-15-9(8)2-3-11(17)10(15)5-16(6-12(18)19)7-13(20)21;;;;;;;;;;;/h3-10,42-43H,11-16H2,1-2H3,(H,34,35)(H,36,37)(H,38,39)(H,40,41);1-8,33H,9-14H2,(H,35,36)(H,37,38)(H,39,40)(H,41,42)(H,43,44);2-4,17H,5-7H2,1H3,(H,18,19)(H,20,21);;;;;6*1H;/q;;;4*+1;;;;;;;-1/p-3. The van der Waals surface area contributed by atoms with E-state index in [2.05, 4.69) is 0 Å². The molecule has 38 nitrogen and oxygen atoms in total. The number of carbonyl (C=O) groups is 11. The quantitative estimate of drug-likeness (QED) is 0.00771. The van der Waals surface area contributed by atoms with Crippen molar-refractivity contribution < 1.29 is 279 Å². The van der Waals surface area contributed by atoms with E-state index in [0.717, 1.165) is 30.6 Å². The number of nitrogens with zero attached hydrogens (tertiary/aromatic N) is 5. The first-order chi connectivity index (χ1) is 54.0. The molecule has 0 saturated carbocycles. The number of phenols is 4. The molecule has 3 aliphatic rings. The van der Waals surface area contributed by atoms with E-state index in [1.165, 1.54) is 105 Å². The fraction of sp³-hybridized carbons (Fsp3) is 0.250. The van der Waals surface area contributed by atoms with Crippen molar-refractivity contribution in [3.8, 4) is 51.2 Å². The van der Waals surface area contributed by atoms with Gasteiger partial charge < -0.3 is 105 Å². The number of phenolic OH excluding ortho intramolecular Hbond substituents is 4. The first-order valence-electron chi connectivity index (χ1n) is 33.7. The molecule has 1 aliphatic carbocycles. The Morgan fingerprint density at radius 1 is 0.437 bits per heavy atom. The molecule has 7 aromatic rings. The van der Waals surface area contributed by atoms with Crippen LogP contribution in [0.1, 0.15) is 81.5 Å². The molecular formula is C76H83N5Na4O33S. The van der Waals surface area contributed by atoms with Crippen LogP contribution < -0.4 is 149 Å². The Morgan fingerprint density at radius 2 is 0.857 bits per heavy atom. The van der Waals surface area contributed by atoms with Gasteiger partial charge in [-0.05, 0) is 115 Å². The molecule has 1 aromatic heterocycles. The Bertz CT molecular complexity index is 5490. The third kappa shape index (κ3) is 25.8. The monoisotopic (exact) mass is 1720 g/mol. The van der Waals surface area contributed by atoms with Crippen LogP contribution in [-0.4, -0.2) is 225 Å². The smallest absolute Gasteiger partial charge is 1.00 e. The Hall–Kier alpha value is -9.86. The van der Waals surface area contributed by atoms with Crippen LogP contribution in [0.5, 0.6) is 28.7 Å². The zero-order chi connectivity index (χ0) is 85.0. The van der Waals surface area contributed by atoms with E-state index in [-0.39, 0.29) is 277 Å². The van der Waals surface area contributed by atoms with E-state index in [0.29, 0.717) is 10.9 Å². The van der Waals surface area contributed by atoms with Gasteiger partial charge in [-0.2, -0.15) is 8.42 Å². The molecule has 620 valence electrons. The summed E-state index contributed by atoms with van der Waals surface area (Å²) < 4.78 is 42.9. The normalized spacial score (nSPS) is 12.9. The molecule has 0 radical (unpaired) electrons. The summed E-state index contributed by atoms with van der Waals surface area (Å²) in [5.74, 6) is -16.6. The van der Waals surface area contributed by atoms with Gasteiger partial charge in [-0.1, -0.05) is 36.4 Å². The number of benzene rings is 7. The largest absolute Gasteiger partial charge is 1.00 e. The number of carboxylic acid groups (broad SMARTS) is 11. The average Bonchev–Trinajstić information content (AvgIpc) is 1.52. The summed E-state index contributed by atoms with van der Waals surface area (Å²) in [5.41, 5.74) is 0.530. The number of fused-ring (bicyclic) bond motifs is 4. The zero-order valence-electron chi connectivity index (χ0n) is 65.7. The van der Waals surface area contributed by atoms with Crippen molar-refractivity contribution in [2.75, 3.05) is 65.4 Å². The van der Waals surface area contributed by atoms with Gasteiger partial charge in [-0.3, -0.25) is 62.9 Å². The van der Waals surface area contributed by atoms with Gasteiger partial charge in [0.25, 0.3) is 0 Å². The SMILES string of the molecule is Cc1cc(=O)oc2c(CN(CC(=O)O)CC(=O)O)c(O)ccc12.Cc1cc(C2(c3cc(C)c(O)c(CN(CC(=O)[O-])CC(=O)O)c3)c3ccccc3OS2(=O)=O)cc(CN(CC(=O)[O-])CC(=O)[O-])c1O.O=C(O)CN(CC(=O)O)Cc1cc2c(-c3ccccc3C(=O)O)c3cc(CN(CC(=O)O)CC(=O)O)c(=O)cc-3oc2cc1O.[H-].[HH].[HH].[HH].[HH].[HH].[HH].[Na+].[Na+].[Na+].[Na+]. The summed E-state index contributed by atoms with van der Waals surface area (Å²) in [7, 11) is -4.74. The number of carboxylic acids is 11. The number of carbonyl (C=O) groups excluding carboxylic acids is 3. The van der Waals surface area contributed by atoms with Crippen LogP contribution in [0.25, 0.3) is 44.4 Å². The molecule has 0 amide bonds. The Morgan fingerprint density at radius 3 is 1.32 bits per heavy atom. The Kier molecular flexibility index (Phi) is 37.4. The minimum atomic E-state index is -4.74. The van der Waals surface area contributed by atoms with Gasteiger partial charge in [0.05, 0.1) is 74.8 Å². The maximum atomic E-state index is 14.3. The summed E-state index contributed by atoms with van der Waals surface area (Å²) in [6, 6.07) is 26.4. The third-order valence-electron chi connectivity index (χ3n) is 17.7. The summed E-state index contributed by atoms with van der Waals surface area (Å²) in [6.45, 7) is -4.27. The van der Waals surface area contributed by atoms with Crippen LogP contribution >= 0.6 is 0 Å². The molecule has 1 atom stereocenters. The van der Waals surface area contributed by atoms with Gasteiger partial charge >= 0.3 is 182 Å². The molecule has 10 rings (SSSR count). The molecule has 0 fully saturated rings. The van der Waals surface area contributed by atoms with Crippen LogP contribution in [0.2, 0.25) is 0 Å². The number of rotatable bonds is 34. The Balaban J connectivity index is -0.000000890. The van der Waals surface area contributed by atoms with E-state index < -0.39 is 170 Å². The first-order valence-corrected chi connectivity index (χ1v) is 35.1.